The third-order valence-electron chi connectivity index (χ3n) is 3.57. The van der Waals surface area contributed by atoms with Crippen LogP contribution in [0.25, 0.3) is 0 Å². The molecule has 0 saturated carbocycles. The molecule has 0 aliphatic carbocycles. The fourth-order valence-corrected chi connectivity index (χ4v) is 2.37. The fourth-order valence-electron chi connectivity index (χ4n) is 2.37. The predicted molar refractivity (Wildman–Crippen MR) is 73.7 cm³/mol. The number of benzene rings is 1. The standard InChI is InChI=1S/C15H18F2N2O2/c1-10(15(21)19-7-3-2-4-8-19)18-14(20)11-5-6-12(16)13(17)9-11/h5-6,9-10H,2-4,7-8H2,1H3,(H,18,20)/t10-/m0/s1. The minimum Gasteiger partial charge on any atom is -0.341 e. The molecule has 21 heavy (non-hydrogen) atoms. The van der Waals surface area contributed by atoms with Gasteiger partial charge in [-0.25, -0.2) is 8.78 Å². The number of hydrogen-bond donors (Lipinski definition) is 1. The van der Waals surface area contributed by atoms with Crippen LogP contribution in [0.1, 0.15) is 36.5 Å². The molecule has 1 atom stereocenters. The lowest BCUT2D eigenvalue weighted by Crippen LogP contribution is -2.48. The van der Waals surface area contributed by atoms with Crippen molar-refractivity contribution in [1.29, 1.82) is 0 Å². The van der Waals surface area contributed by atoms with Gasteiger partial charge in [0.1, 0.15) is 6.04 Å². The smallest absolute Gasteiger partial charge is 0.252 e. The van der Waals surface area contributed by atoms with Gasteiger partial charge < -0.3 is 10.2 Å². The molecule has 1 aliphatic rings. The predicted octanol–water partition coefficient (Wildman–Crippen LogP) is 2.10. The van der Waals surface area contributed by atoms with Gasteiger partial charge in [-0.05, 0) is 44.4 Å². The highest BCUT2D eigenvalue weighted by Crippen LogP contribution is 2.11. The van der Waals surface area contributed by atoms with Gasteiger partial charge in [-0.3, -0.25) is 9.59 Å². The first-order chi connectivity index (χ1) is 9.99. The summed E-state index contributed by atoms with van der Waals surface area (Å²) in [6, 6.07) is 2.21. The summed E-state index contributed by atoms with van der Waals surface area (Å²) >= 11 is 0. The maximum atomic E-state index is 13.1. The number of hydrogen-bond acceptors (Lipinski definition) is 2. The Morgan fingerprint density at radius 3 is 2.43 bits per heavy atom. The minimum absolute atomic E-state index is 0.00723. The maximum absolute atomic E-state index is 13.1. The summed E-state index contributed by atoms with van der Waals surface area (Å²) in [5.74, 6) is -2.83. The van der Waals surface area contributed by atoms with E-state index in [4.69, 9.17) is 0 Å². The van der Waals surface area contributed by atoms with Crippen LogP contribution in [0.4, 0.5) is 8.78 Å². The number of halogens is 2. The van der Waals surface area contributed by atoms with Crippen LogP contribution in [0.2, 0.25) is 0 Å². The number of carbonyl (C=O) groups excluding carboxylic acids is 2. The van der Waals surface area contributed by atoms with Crippen molar-refractivity contribution >= 4 is 11.8 Å². The number of rotatable bonds is 3. The van der Waals surface area contributed by atoms with E-state index in [0.29, 0.717) is 13.1 Å². The van der Waals surface area contributed by atoms with Crippen LogP contribution in [0.3, 0.4) is 0 Å². The first kappa shape index (κ1) is 15.4. The molecule has 2 amide bonds. The quantitative estimate of drug-likeness (QED) is 0.928. The van der Waals surface area contributed by atoms with Gasteiger partial charge >= 0.3 is 0 Å². The Kier molecular flexibility index (Phi) is 4.88. The van der Waals surface area contributed by atoms with Crippen molar-refractivity contribution in [3.8, 4) is 0 Å². The summed E-state index contributed by atoms with van der Waals surface area (Å²) in [6.45, 7) is 2.99. The lowest BCUT2D eigenvalue weighted by atomic mass is 10.1. The number of nitrogens with zero attached hydrogens (tertiary/aromatic N) is 1. The molecule has 0 bridgehead atoms. The molecule has 1 N–H and O–H groups in total. The normalized spacial score (nSPS) is 16.4. The molecule has 4 nitrogen and oxygen atoms in total. The average Bonchev–Trinajstić information content (AvgIpc) is 2.50. The van der Waals surface area contributed by atoms with Crippen molar-refractivity contribution in [2.24, 2.45) is 0 Å². The molecule has 2 rings (SSSR count). The summed E-state index contributed by atoms with van der Waals surface area (Å²) in [4.78, 5) is 25.8. The van der Waals surface area contributed by atoms with E-state index in [0.717, 1.165) is 31.4 Å². The molecule has 6 heteroatoms. The summed E-state index contributed by atoms with van der Waals surface area (Å²) in [6.07, 6.45) is 3.05. The molecule has 0 spiro atoms. The van der Waals surface area contributed by atoms with Gasteiger partial charge in [-0.2, -0.15) is 0 Å². The molecule has 1 aromatic rings. The van der Waals surface area contributed by atoms with Crippen molar-refractivity contribution in [1.82, 2.24) is 10.2 Å². The minimum atomic E-state index is -1.09. The molecule has 0 radical (unpaired) electrons. The van der Waals surface area contributed by atoms with Crippen LogP contribution in [0.15, 0.2) is 18.2 Å². The summed E-state index contributed by atoms with van der Waals surface area (Å²) in [5.41, 5.74) is -0.00723. The SMILES string of the molecule is C[C@H](NC(=O)c1ccc(F)c(F)c1)C(=O)N1CCCCC1. The number of piperidine rings is 1. The zero-order chi connectivity index (χ0) is 15.4. The molecular weight excluding hydrogens is 278 g/mol. The second kappa shape index (κ2) is 6.65. The van der Waals surface area contributed by atoms with Crippen LogP contribution in [-0.4, -0.2) is 35.8 Å². The molecule has 0 unspecified atom stereocenters. The number of nitrogens with one attached hydrogen (secondary N) is 1. The summed E-state index contributed by atoms with van der Waals surface area (Å²) < 4.78 is 25.9. The lowest BCUT2D eigenvalue weighted by molar-refractivity contribution is -0.133. The average molecular weight is 296 g/mol. The topological polar surface area (TPSA) is 49.4 Å². The Bertz CT molecular complexity index is 542. The van der Waals surface area contributed by atoms with Gasteiger partial charge in [-0.15, -0.1) is 0 Å². The highest BCUT2D eigenvalue weighted by molar-refractivity contribution is 5.97. The Balaban J connectivity index is 1.97. The summed E-state index contributed by atoms with van der Waals surface area (Å²) in [7, 11) is 0. The van der Waals surface area contributed by atoms with Crippen LogP contribution < -0.4 is 5.32 Å². The van der Waals surface area contributed by atoms with Gasteiger partial charge in [0.05, 0.1) is 0 Å². The third-order valence-corrected chi connectivity index (χ3v) is 3.57. The van der Waals surface area contributed by atoms with Crippen molar-refractivity contribution in [2.45, 2.75) is 32.2 Å². The van der Waals surface area contributed by atoms with Gasteiger partial charge in [0.25, 0.3) is 5.91 Å². The van der Waals surface area contributed by atoms with Gasteiger partial charge in [0, 0.05) is 18.7 Å². The molecule has 1 aromatic carbocycles. The van der Waals surface area contributed by atoms with E-state index < -0.39 is 23.6 Å². The van der Waals surface area contributed by atoms with E-state index in [2.05, 4.69) is 5.32 Å². The van der Waals surface area contributed by atoms with Gasteiger partial charge in [0.2, 0.25) is 5.91 Å². The Labute approximate surface area is 122 Å². The second-order valence-electron chi connectivity index (χ2n) is 5.21. The van der Waals surface area contributed by atoms with E-state index in [9.17, 15) is 18.4 Å². The molecule has 0 aromatic heterocycles. The van der Waals surface area contributed by atoms with Crippen molar-refractivity contribution in [3.63, 3.8) is 0 Å². The van der Waals surface area contributed by atoms with Crippen LogP contribution in [-0.2, 0) is 4.79 Å². The van der Waals surface area contributed by atoms with Crippen LogP contribution in [0.5, 0.6) is 0 Å². The lowest BCUT2D eigenvalue weighted by Gasteiger charge is -2.29. The highest BCUT2D eigenvalue weighted by Gasteiger charge is 2.23. The molecule has 1 fully saturated rings. The second-order valence-corrected chi connectivity index (χ2v) is 5.21. The highest BCUT2D eigenvalue weighted by atomic mass is 19.2. The third kappa shape index (κ3) is 3.77. The molecule has 1 heterocycles. The van der Waals surface area contributed by atoms with E-state index in [-0.39, 0.29) is 11.5 Å². The molecule has 1 saturated heterocycles. The van der Waals surface area contributed by atoms with E-state index in [1.165, 1.54) is 6.07 Å². The molecular formula is C15H18F2N2O2. The van der Waals surface area contributed by atoms with Crippen molar-refractivity contribution in [3.05, 3.63) is 35.4 Å². The number of likely N-dealkylation sites (tertiary alicyclic amines) is 1. The maximum Gasteiger partial charge on any atom is 0.252 e. The van der Waals surface area contributed by atoms with E-state index in [1.54, 1.807) is 11.8 Å². The molecule has 114 valence electrons. The Hall–Kier alpha value is -1.98. The molecule has 1 aliphatic heterocycles. The summed E-state index contributed by atoms with van der Waals surface area (Å²) in [5, 5.41) is 2.52. The first-order valence-corrected chi connectivity index (χ1v) is 7.04. The van der Waals surface area contributed by atoms with Crippen molar-refractivity contribution < 1.29 is 18.4 Å². The number of carbonyl (C=O) groups is 2. The van der Waals surface area contributed by atoms with Crippen molar-refractivity contribution in [2.75, 3.05) is 13.1 Å². The van der Waals surface area contributed by atoms with Crippen LogP contribution in [0, 0.1) is 11.6 Å². The Morgan fingerprint density at radius 2 is 1.81 bits per heavy atom. The van der Waals surface area contributed by atoms with Gasteiger partial charge in [0.15, 0.2) is 11.6 Å². The zero-order valence-electron chi connectivity index (χ0n) is 11.9. The zero-order valence-corrected chi connectivity index (χ0v) is 11.9. The Morgan fingerprint density at radius 1 is 1.14 bits per heavy atom. The largest absolute Gasteiger partial charge is 0.341 e. The van der Waals surface area contributed by atoms with E-state index >= 15 is 0 Å². The number of amides is 2. The van der Waals surface area contributed by atoms with Crippen LogP contribution >= 0.6 is 0 Å². The monoisotopic (exact) mass is 296 g/mol. The first-order valence-electron chi connectivity index (χ1n) is 7.04. The fraction of sp³-hybridized carbons (Fsp3) is 0.467. The van der Waals surface area contributed by atoms with E-state index in [1.807, 2.05) is 0 Å². The van der Waals surface area contributed by atoms with Gasteiger partial charge in [-0.1, -0.05) is 0 Å².